The molecule has 0 radical (unpaired) electrons. The minimum Gasteiger partial charge on any atom is -0.504 e. The van der Waals surface area contributed by atoms with Gasteiger partial charge in [0.2, 0.25) is 5.75 Å². The second-order valence-corrected chi connectivity index (χ2v) is 9.47. The van der Waals surface area contributed by atoms with E-state index in [1.165, 1.54) is 31.9 Å². The second kappa shape index (κ2) is 10.5. The summed E-state index contributed by atoms with van der Waals surface area (Å²) in [5.41, 5.74) is 12.6. The molecule has 0 aliphatic carbocycles. The van der Waals surface area contributed by atoms with Crippen molar-refractivity contribution in [2.75, 3.05) is 45.5 Å². The predicted molar refractivity (Wildman–Crippen MR) is 149 cm³/mol. The quantitative estimate of drug-likeness (QED) is 0.242. The molecule has 0 spiro atoms. The molecule has 0 atom stereocenters. The molecule has 0 bridgehead atoms. The summed E-state index contributed by atoms with van der Waals surface area (Å²) in [5, 5.41) is 10.3. The fourth-order valence-corrected chi connectivity index (χ4v) is 4.93. The van der Waals surface area contributed by atoms with Gasteiger partial charge >= 0.3 is 0 Å². The van der Waals surface area contributed by atoms with E-state index < -0.39 is 5.78 Å². The zero-order valence-corrected chi connectivity index (χ0v) is 22.4. The average Bonchev–Trinajstić information content (AvgIpc) is 3.23. The predicted octanol–water partition coefficient (Wildman–Crippen LogP) is 4.68. The highest BCUT2D eigenvalue weighted by Gasteiger charge is 2.33. The molecule has 1 aliphatic heterocycles. The lowest BCUT2D eigenvalue weighted by atomic mass is 9.94. The Hall–Kier alpha value is -4.46. The average molecular weight is 516 g/mol. The number of amides is 1. The number of benzene rings is 3. The van der Waals surface area contributed by atoms with E-state index in [4.69, 9.17) is 15.2 Å². The summed E-state index contributed by atoms with van der Waals surface area (Å²) in [4.78, 5) is 30.2. The smallest absolute Gasteiger partial charge is 0.256 e. The number of methoxy groups -OCH3 is 2. The van der Waals surface area contributed by atoms with Crippen LogP contribution >= 0.6 is 0 Å². The van der Waals surface area contributed by atoms with E-state index in [0.29, 0.717) is 17.8 Å². The first-order chi connectivity index (χ1) is 18.1. The Balaban J connectivity index is 1.63. The maximum atomic E-state index is 13.4. The topological polar surface area (TPSA) is 105 Å². The van der Waals surface area contributed by atoms with E-state index >= 15 is 0 Å². The molecular formula is C30H33N3O5. The van der Waals surface area contributed by atoms with Crippen LogP contribution in [-0.4, -0.2) is 56.6 Å². The van der Waals surface area contributed by atoms with Gasteiger partial charge in [-0.3, -0.25) is 9.59 Å². The number of nitrogens with zero attached hydrogens (tertiary/aromatic N) is 2. The van der Waals surface area contributed by atoms with Gasteiger partial charge in [0, 0.05) is 49.7 Å². The Morgan fingerprint density at radius 1 is 1.13 bits per heavy atom. The fourth-order valence-electron chi connectivity index (χ4n) is 4.93. The number of ether oxygens (including phenoxy) is 2. The highest BCUT2D eigenvalue weighted by Crippen LogP contribution is 2.39. The number of carbonyl (C=O) groups excluding carboxylic acids is 2. The molecule has 0 fully saturated rings. The first-order valence-electron chi connectivity index (χ1n) is 12.3. The van der Waals surface area contributed by atoms with E-state index in [9.17, 15) is 14.7 Å². The van der Waals surface area contributed by atoms with Crippen LogP contribution in [-0.2, 0) is 13.0 Å². The highest BCUT2D eigenvalue weighted by atomic mass is 16.5. The first kappa shape index (κ1) is 26.6. The van der Waals surface area contributed by atoms with Crippen LogP contribution < -0.4 is 20.1 Å². The number of phenolic OH excluding ortho intramolecular Hbond substituents is 1. The van der Waals surface area contributed by atoms with Crippen molar-refractivity contribution in [2.45, 2.75) is 19.9 Å². The molecule has 1 amide bonds. The van der Waals surface area contributed by atoms with Gasteiger partial charge in [-0.2, -0.15) is 0 Å². The minimum atomic E-state index is -0.413. The summed E-state index contributed by atoms with van der Waals surface area (Å²) < 4.78 is 10.4. The lowest BCUT2D eigenvalue weighted by Gasteiger charge is -2.19. The molecule has 1 aliphatic rings. The maximum absolute atomic E-state index is 13.4. The molecule has 8 nitrogen and oxygen atoms in total. The molecular weight excluding hydrogens is 482 g/mol. The van der Waals surface area contributed by atoms with E-state index in [1.54, 1.807) is 11.0 Å². The SMILES string of the molecule is C=C(CN1Cc2c(-c3ccc(CC)c(N(C)C)c3)ccc(N)c2C1=O)C(=O)c1cc(O)c(OC)c(OC)c1. The number of nitrogen functional groups attached to an aromatic ring is 1. The molecule has 0 aromatic heterocycles. The van der Waals surface area contributed by atoms with Crippen LogP contribution in [0.4, 0.5) is 11.4 Å². The van der Waals surface area contributed by atoms with Crippen LogP contribution in [0.1, 0.15) is 38.8 Å². The van der Waals surface area contributed by atoms with Crippen LogP contribution in [0, 0.1) is 0 Å². The van der Waals surface area contributed by atoms with E-state index in [2.05, 4.69) is 36.6 Å². The molecule has 1 heterocycles. The Bertz CT molecular complexity index is 1440. The first-order valence-corrected chi connectivity index (χ1v) is 12.3. The lowest BCUT2D eigenvalue weighted by Crippen LogP contribution is -2.28. The third kappa shape index (κ3) is 4.65. The second-order valence-electron chi connectivity index (χ2n) is 9.47. The van der Waals surface area contributed by atoms with Crippen LogP contribution in [0.2, 0.25) is 0 Å². The van der Waals surface area contributed by atoms with Crippen molar-refractivity contribution in [3.63, 3.8) is 0 Å². The van der Waals surface area contributed by atoms with Crippen LogP contribution in [0.15, 0.2) is 54.6 Å². The molecule has 3 aromatic rings. The summed E-state index contributed by atoms with van der Waals surface area (Å²) >= 11 is 0. The Morgan fingerprint density at radius 2 is 1.87 bits per heavy atom. The number of Topliss-reactive ketones (excluding diaryl/α,β-unsaturated/α-hetero) is 1. The van der Waals surface area contributed by atoms with Gasteiger partial charge in [-0.25, -0.2) is 0 Å². The minimum absolute atomic E-state index is 0.0120. The number of anilines is 2. The highest BCUT2D eigenvalue weighted by molar-refractivity contribution is 6.10. The number of aryl methyl sites for hydroxylation is 1. The van der Waals surface area contributed by atoms with Gasteiger partial charge in [0.15, 0.2) is 17.3 Å². The van der Waals surface area contributed by atoms with Crippen molar-refractivity contribution in [3.05, 3.63) is 76.9 Å². The zero-order chi connectivity index (χ0) is 27.7. The number of rotatable bonds is 9. The van der Waals surface area contributed by atoms with Gasteiger partial charge in [-0.15, -0.1) is 0 Å². The van der Waals surface area contributed by atoms with Gasteiger partial charge in [-0.05, 0) is 52.9 Å². The van der Waals surface area contributed by atoms with Gasteiger partial charge in [0.05, 0.1) is 19.8 Å². The molecule has 8 heteroatoms. The molecule has 38 heavy (non-hydrogen) atoms. The van der Waals surface area contributed by atoms with Crippen molar-refractivity contribution in [2.24, 2.45) is 0 Å². The van der Waals surface area contributed by atoms with E-state index in [1.807, 2.05) is 20.2 Å². The van der Waals surface area contributed by atoms with Crippen molar-refractivity contribution in [3.8, 4) is 28.4 Å². The van der Waals surface area contributed by atoms with Crippen molar-refractivity contribution in [1.82, 2.24) is 4.90 Å². The van der Waals surface area contributed by atoms with Crippen LogP contribution in [0.5, 0.6) is 17.2 Å². The fraction of sp³-hybridized carbons (Fsp3) is 0.267. The van der Waals surface area contributed by atoms with Crippen LogP contribution in [0.25, 0.3) is 11.1 Å². The van der Waals surface area contributed by atoms with Crippen molar-refractivity contribution < 1.29 is 24.2 Å². The molecule has 3 N–H and O–H groups in total. The number of hydrogen-bond acceptors (Lipinski definition) is 7. The van der Waals surface area contributed by atoms with E-state index in [0.717, 1.165) is 28.8 Å². The molecule has 0 saturated carbocycles. The molecule has 4 rings (SSSR count). The number of aromatic hydroxyl groups is 1. The third-order valence-electron chi connectivity index (χ3n) is 6.88. The summed E-state index contributed by atoms with van der Waals surface area (Å²) in [6.45, 7) is 6.37. The summed E-state index contributed by atoms with van der Waals surface area (Å²) in [5.74, 6) is -0.536. The summed E-state index contributed by atoms with van der Waals surface area (Å²) in [6.07, 6.45) is 0.911. The van der Waals surface area contributed by atoms with Gasteiger partial charge < -0.3 is 30.1 Å². The summed E-state index contributed by atoms with van der Waals surface area (Å²) in [7, 11) is 6.84. The molecule has 0 unspecified atom stereocenters. The number of carbonyl (C=O) groups is 2. The largest absolute Gasteiger partial charge is 0.504 e. The normalized spacial score (nSPS) is 12.3. The monoisotopic (exact) mass is 515 g/mol. The van der Waals surface area contributed by atoms with Gasteiger partial charge in [0.25, 0.3) is 5.91 Å². The third-order valence-corrected chi connectivity index (χ3v) is 6.88. The Labute approximate surface area is 222 Å². The molecule has 0 saturated heterocycles. The lowest BCUT2D eigenvalue weighted by molar-refractivity contribution is 0.0789. The number of ketones is 1. The number of fused-ring (bicyclic) bond motifs is 1. The number of nitrogens with two attached hydrogens (primary N) is 1. The maximum Gasteiger partial charge on any atom is 0.256 e. The van der Waals surface area contributed by atoms with Crippen molar-refractivity contribution >= 4 is 23.1 Å². The van der Waals surface area contributed by atoms with Crippen LogP contribution in [0.3, 0.4) is 0 Å². The van der Waals surface area contributed by atoms with Gasteiger partial charge in [0.1, 0.15) is 0 Å². The van der Waals surface area contributed by atoms with E-state index in [-0.39, 0.29) is 40.8 Å². The molecule has 198 valence electrons. The molecule has 3 aromatic carbocycles. The zero-order valence-electron chi connectivity index (χ0n) is 22.4. The Morgan fingerprint density at radius 3 is 2.50 bits per heavy atom. The number of hydrogen-bond donors (Lipinski definition) is 2. The van der Waals surface area contributed by atoms with Crippen molar-refractivity contribution in [1.29, 1.82) is 0 Å². The summed E-state index contributed by atoms with van der Waals surface area (Å²) in [6, 6.07) is 12.8. The standard InChI is InChI=1S/C30H33N3O5/c1-7-18-8-9-19(12-24(18)32(3)4)21-10-11-23(31)27-22(21)16-33(30(27)36)15-17(2)28(35)20-13-25(34)29(38-6)26(14-20)37-5/h8-14,34H,2,7,15-16,31H2,1,3-6H3. The van der Waals surface area contributed by atoms with Gasteiger partial charge in [-0.1, -0.05) is 31.7 Å². The number of phenols is 1. The Kier molecular flexibility index (Phi) is 7.35.